The molecule has 1 aromatic heterocycles. The maximum atomic E-state index is 5.57. The summed E-state index contributed by atoms with van der Waals surface area (Å²) in [5.41, 5.74) is 8.97. The van der Waals surface area contributed by atoms with E-state index in [1.165, 1.54) is 23.8 Å². The third-order valence-electron chi connectivity index (χ3n) is 2.84. The molecule has 1 heterocycles. The highest BCUT2D eigenvalue weighted by molar-refractivity contribution is 5.79. The monoisotopic (exact) mass is 214 g/mol. The first-order chi connectivity index (χ1) is 7.83. The molecule has 2 heteroatoms. The van der Waals surface area contributed by atoms with Gasteiger partial charge in [-0.25, -0.2) is 0 Å². The molecule has 0 amide bonds. The van der Waals surface area contributed by atoms with Crippen LogP contribution in [0.4, 0.5) is 0 Å². The lowest BCUT2D eigenvalue weighted by molar-refractivity contribution is 0.796. The van der Waals surface area contributed by atoms with E-state index >= 15 is 0 Å². The van der Waals surface area contributed by atoms with Crippen molar-refractivity contribution in [3.8, 4) is 0 Å². The maximum Gasteiger partial charge on any atom is 0.0706 e. The number of hydrogen-bond acceptors (Lipinski definition) is 2. The Balaban J connectivity index is 2.32. The van der Waals surface area contributed by atoms with Gasteiger partial charge < -0.3 is 5.73 Å². The van der Waals surface area contributed by atoms with E-state index < -0.39 is 0 Å². The molecular formula is C14H18N2. The average Bonchev–Trinajstić information content (AvgIpc) is 2.35. The van der Waals surface area contributed by atoms with E-state index in [0.717, 1.165) is 17.6 Å². The summed E-state index contributed by atoms with van der Waals surface area (Å²) in [5.74, 6) is 0. The lowest BCUT2D eigenvalue weighted by Gasteiger charge is -2.04. The van der Waals surface area contributed by atoms with Crippen molar-refractivity contribution < 1.29 is 0 Å². The second-order valence-corrected chi connectivity index (χ2v) is 4.14. The Bertz CT molecular complexity index is 477. The molecule has 16 heavy (non-hydrogen) atoms. The minimum atomic E-state index is 0.507. The van der Waals surface area contributed by atoms with Crippen molar-refractivity contribution >= 4 is 10.9 Å². The molecule has 0 saturated heterocycles. The average molecular weight is 214 g/mol. The Kier molecular flexibility index (Phi) is 3.52. The molecule has 0 aliphatic rings. The molecule has 0 bridgehead atoms. The molecule has 2 rings (SSSR count). The summed E-state index contributed by atoms with van der Waals surface area (Å²) in [6.45, 7) is 2.73. The minimum absolute atomic E-state index is 0.507. The van der Waals surface area contributed by atoms with Crippen LogP contribution >= 0.6 is 0 Å². The summed E-state index contributed by atoms with van der Waals surface area (Å²) in [4.78, 5) is 4.49. The van der Waals surface area contributed by atoms with Gasteiger partial charge in [0.25, 0.3) is 0 Å². The zero-order valence-electron chi connectivity index (χ0n) is 9.74. The Morgan fingerprint density at radius 1 is 1.19 bits per heavy atom. The predicted molar refractivity (Wildman–Crippen MR) is 68.2 cm³/mol. The number of hydrogen-bond donors (Lipinski definition) is 1. The fraction of sp³-hybridized carbons (Fsp3) is 0.357. The van der Waals surface area contributed by atoms with Crippen LogP contribution in [0.15, 0.2) is 30.3 Å². The van der Waals surface area contributed by atoms with Crippen LogP contribution in [-0.2, 0) is 13.0 Å². The SMILES string of the molecule is CCCCc1ccc2nc(CN)ccc2c1. The Morgan fingerprint density at radius 3 is 2.81 bits per heavy atom. The number of nitrogens with zero attached hydrogens (tertiary/aromatic N) is 1. The van der Waals surface area contributed by atoms with Crippen LogP contribution in [0.1, 0.15) is 31.0 Å². The molecule has 0 spiro atoms. The van der Waals surface area contributed by atoms with Gasteiger partial charge in [0.2, 0.25) is 0 Å². The normalized spacial score (nSPS) is 10.9. The van der Waals surface area contributed by atoms with Gasteiger partial charge in [0.15, 0.2) is 0 Å². The molecule has 1 aromatic carbocycles. The number of unbranched alkanes of at least 4 members (excludes halogenated alkanes) is 1. The first-order valence-corrected chi connectivity index (χ1v) is 5.92. The molecule has 0 aliphatic heterocycles. The van der Waals surface area contributed by atoms with Gasteiger partial charge in [0, 0.05) is 11.9 Å². The molecule has 2 N–H and O–H groups in total. The molecule has 0 saturated carbocycles. The van der Waals surface area contributed by atoms with Crippen LogP contribution in [0.3, 0.4) is 0 Å². The summed E-state index contributed by atoms with van der Waals surface area (Å²) in [6.07, 6.45) is 3.65. The third kappa shape index (κ3) is 2.39. The van der Waals surface area contributed by atoms with Gasteiger partial charge in [-0.3, -0.25) is 4.98 Å². The standard InChI is InChI=1S/C14H18N2/c1-2-3-4-11-5-8-14-12(9-11)6-7-13(10-15)16-14/h5-9H,2-4,10,15H2,1H3. The number of benzene rings is 1. The van der Waals surface area contributed by atoms with Crippen LogP contribution in [0.5, 0.6) is 0 Å². The molecule has 2 aromatic rings. The quantitative estimate of drug-likeness (QED) is 0.849. The fourth-order valence-corrected chi connectivity index (χ4v) is 1.87. The van der Waals surface area contributed by atoms with Crippen molar-refractivity contribution in [3.63, 3.8) is 0 Å². The van der Waals surface area contributed by atoms with E-state index in [9.17, 15) is 0 Å². The van der Waals surface area contributed by atoms with Gasteiger partial charge in [0.1, 0.15) is 0 Å². The Hall–Kier alpha value is -1.41. The maximum absolute atomic E-state index is 5.57. The zero-order valence-corrected chi connectivity index (χ0v) is 9.74. The molecule has 2 nitrogen and oxygen atoms in total. The van der Waals surface area contributed by atoms with Gasteiger partial charge in [0.05, 0.1) is 11.2 Å². The summed E-state index contributed by atoms with van der Waals surface area (Å²) < 4.78 is 0. The van der Waals surface area contributed by atoms with E-state index in [0.29, 0.717) is 6.54 Å². The summed E-state index contributed by atoms with van der Waals surface area (Å²) in [6, 6.07) is 10.6. The number of rotatable bonds is 4. The van der Waals surface area contributed by atoms with Gasteiger partial charge in [-0.05, 0) is 36.6 Å². The molecule has 0 atom stereocenters. The highest BCUT2D eigenvalue weighted by Crippen LogP contribution is 2.16. The number of nitrogens with two attached hydrogens (primary N) is 1. The van der Waals surface area contributed by atoms with Crippen LogP contribution in [0, 0.1) is 0 Å². The van der Waals surface area contributed by atoms with Crippen LogP contribution in [0.2, 0.25) is 0 Å². The van der Waals surface area contributed by atoms with E-state index in [1.54, 1.807) is 0 Å². The van der Waals surface area contributed by atoms with Crippen LogP contribution < -0.4 is 5.73 Å². The van der Waals surface area contributed by atoms with Crippen molar-refractivity contribution in [2.45, 2.75) is 32.7 Å². The number of aromatic nitrogens is 1. The van der Waals surface area contributed by atoms with Crippen molar-refractivity contribution in [2.24, 2.45) is 5.73 Å². The smallest absolute Gasteiger partial charge is 0.0706 e. The second-order valence-electron chi connectivity index (χ2n) is 4.14. The zero-order chi connectivity index (χ0) is 11.4. The highest BCUT2D eigenvalue weighted by atomic mass is 14.7. The minimum Gasteiger partial charge on any atom is -0.325 e. The molecule has 0 radical (unpaired) electrons. The van der Waals surface area contributed by atoms with E-state index in [4.69, 9.17) is 5.73 Å². The van der Waals surface area contributed by atoms with E-state index in [-0.39, 0.29) is 0 Å². The number of fused-ring (bicyclic) bond motifs is 1. The summed E-state index contributed by atoms with van der Waals surface area (Å²) >= 11 is 0. The lowest BCUT2D eigenvalue weighted by atomic mass is 10.1. The van der Waals surface area contributed by atoms with Crippen molar-refractivity contribution in [2.75, 3.05) is 0 Å². The number of pyridine rings is 1. The van der Waals surface area contributed by atoms with E-state index in [1.807, 2.05) is 6.07 Å². The summed E-state index contributed by atoms with van der Waals surface area (Å²) in [5, 5.41) is 1.21. The largest absolute Gasteiger partial charge is 0.325 e. The number of aryl methyl sites for hydroxylation is 1. The highest BCUT2D eigenvalue weighted by Gasteiger charge is 1.99. The molecule has 0 aliphatic carbocycles. The lowest BCUT2D eigenvalue weighted by Crippen LogP contribution is -1.99. The molecule has 84 valence electrons. The predicted octanol–water partition coefficient (Wildman–Crippen LogP) is 3.04. The Labute approximate surface area is 96.5 Å². The van der Waals surface area contributed by atoms with Gasteiger partial charge >= 0.3 is 0 Å². The van der Waals surface area contributed by atoms with Crippen molar-refractivity contribution in [3.05, 3.63) is 41.6 Å². The fourth-order valence-electron chi connectivity index (χ4n) is 1.87. The van der Waals surface area contributed by atoms with Crippen molar-refractivity contribution in [1.29, 1.82) is 0 Å². The van der Waals surface area contributed by atoms with Gasteiger partial charge in [-0.15, -0.1) is 0 Å². The Morgan fingerprint density at radius 2 is 2.06 bits per heavy atom. The topological polar surface area (TPSA) is 38.9 Å². The second kappa shape index (κ2) is 5.08. The van der Waals surface area contributed by atoms with Crippen LogP contribution in [-0.4, -0.2) is 4.98 Å². The van der Waals surface area contributed by atoms with Crippen LogP contribution in [0.25, 0.3) is 10.9 Å². The molecule has 0 unspecified atom stereocenters. The first-order valence-electron chi connectivity index (χ1n) is 5.92. The van der Waals surface area contributed by atoms with E-state index in [2.05, 4.69) is 36.2 Å². The van der Waals surface area contributed by atoms with Gasteiger partial charge in [-0.1, -0.05) is 25.5 Å². The third-order valence-corrected chi connectivity index (χ3v) is 2.84. The van der Waals surface area contributed by atoms with Gasteiger partial charge in [-0.2, -0.15) is 0 Å². The summed E-state index contributed by atoms with van der Waals surface area (Å²) in [7, 11) is 0. The molecular weight excluding hydrogens is 196 g/mol. The molecule has 0 fully saturated rings. The first kappa shape index (κ1) is 11.1. The van der Waals surface area contributed by atoms with Crippen molar-refractivity contribution in [1.82, 2.24) is 4.98 Å².